The lowest BCUT2D eigenvalue weighted by atomic mass is 10.0. The fourth-order valence-electron chi connectivity index (χ4n) is 3.31. The van der Waals surface area contributed by atoms with Gasteiger partial charge in [0, 0.05) is 0 Å². The molecule has 152 valence electrons. The van der Waals surface area contributed by atoms with Gasteiger partial charge in [0.05, 0.1) is 6.54 Å². The van der Waals surface area contributed by atoms with Crippen LogP contribution < -0.4 is 21.5 Å². The summed E-state index contributed by atoms with van der Waals surface area (Å²) in [6.45, 7) is 3.31. The lowest BCUT2D eigenvalue weighted by Gasteiger charge is -2.03. The van der Waals surface area contributed by atoms with Crippen molar-refractivity contribution < 1.29 is 31.4 Å². The summed E-state index contributed by atoms with van der Waals surface area (Å²) < 4.78 is 3.80. The average molecular weight is 431 g/mol. The Hall–Kier alpha value is -0.840. The van der Waals surface area contributed by atoms with E-state index in [-0.39, 0.29) is 23.5 Å². The monoisotopic (exact) mass is 430 g/mol. The lowest BCUT2D eigenvalue weighted by molar-refractivity contribution is -0.685. The van der Waals surface area contributed by atoms with Crippen LogP contribution in [0.1, 0.15) is 96.8 Å². The summed E-state index contributed by atoms with van der Waals surface area (Å²) in [5, 5.41) is 8.75. The van der Waals surface area contributed by atoms with Crippen LogP contribution in [-0.2, 0) is 17.9 Å². The molecular weight excluding hydrogens is 392 g/mol. The number of aryl methyl sites for hydroxylation is 1. The van der Waals surface area contributed by atoms with E-state index in [9.17, 15) is 4.79 Å². The Bertz CT molecular complexity index is 449. The van der Waals surface area contributed by atoms with Crippen molar-refractivity contribution in [3.05, 3.63) is 18.7 Å². The van der Waals surface area contributed by atoms with Crippen LogP contribution in [0.5, 0.6) is 0 Å². The summed E-state index contributed by atoms with van der Waals surface area (Å²) in [4.78, 5) is 10.6. The van der Waals surface area contributed by atoms with Gasteiger partial charge >= 0.3 is 5.97 Å². The van der Waals surface area contributed by atoms with Crippen molar-refractivity contribution in [3.8, 4) is 0 Å². The zero-order valence-electron chi connectivity index (χ0n) is 16.7. The fourth-order valence-corrected chi connectivity index (χ4v) is 3.31. The molecule has 0 aliphatic carbocycles. The van der Waals surface area contributed by atoms with Crippen molar-refractivity contribution in [3.63, 3.8) is 0 Å². The maximum absolute atomic E-state index is 10.6. The second kappa shape index (κ2) is 17.6. The second-order valence-corrected chi connectivity index (χ2v) is 7.31. The molecular formula is C21H39BrN2O2. The zero-order valence-corrected chi connectivity index (χ0v) is 18.3. The van der Waals surface area contributed by atoms with Crippen LogP contribution in [0.15, 0.2) is 18.7 Å². The molecule has 0 radical (unpaired) electrons. The van der Waals surface area contributed by atoms with Crippen LogP contribution in [0.25, 0.3) is 0 Å². The van der Waals surface area contributed by atoms with Crippen LogP contribution in [0.3, 0.4) is 0 Å². The summed E-state index contributed by atoms with van der Waals surface area (Å²) in [5.74, 6) is -0.792. The van der Waals surface area contributed by atoms with Gasteiger partial charge in [-0.1, -0.05) is 84.0 Å². The molecule has 5 heteroatoms. The van der Waals surface area contributed by atoms with Gasteiger partial charge in [0.1, 0.15) is 12.4 Å². The smallest absolute Gasteiger partial charge is 0.346 e. The Morgan fingerprint density at radius 2 is 1.31 bits per heavy atom. The molecule has 0 aliphatic rings. The van der Waals surface area contributed by atoms with Gasteiger partial charge in [-0.2, -0.15) is 0 Å². The summed E-state index contributed by atoms with van der Waals surface area (Å²) in [6, 6.07) is 0. The number of hydrogen-bond acceptors (Lipinski definition) is 1. The minimum Gasteiger partial charge on any atom is -1.00 e. The first kappa shape index (κ1) is 25.2. The Balaban J connectivity index is 0.00000625. The van der Waals surface area contributed by atoms with Crippen LogP contribution in [0.4, 0.5) is 0 Å². The third kappa shape index (κ3) is 14.3. The number of halogens is 1. The first-order chi connectivity index (χ1) is 12.2. The standard InChI is InChI=1S/C21H38N2O2.BrH/c1-2-3-4-5-6-7-8-9-10-11-12-13-14-15-16-22-17-18-23(20-22)19-21(24)25;/h17-18,20H,2-16,19H2,1H3;1H. The molecule has 1 heterocycles. The number of carbonyl (C=O) groups is 1. The van der Waals surface area contributed by atoms with Gasteiger partial charge in [-0.15, -0.1) is 0 Å². The van der Waals surface area contributed by atoms with Gasteiger partial charge in [0.25, 0.3) is 0 Å². The average Bonchev–Trinajstić information content (AvgIpc) is 3.01. The van der Waals surface area contributed by atoms with Gasteiger partial charge in [0.15, 0.2) is 6.54 Å². The highest BCUT2D eigenvalue weighted by molar-refractivity contribution is 5.64. The van der Waals surface area contributed by atoms with Crippen LogP contribution in [-0.4, -0.2) is 15.6 Å². The van der Waals surface area contributed by atoms with E-state index >= 15 is 0 Å². The number of aromatic nitrogens is 2. The molecule has 1 aromatic rings. The number of rotatable bonds is 17. The second-order valence-electron chi connectivity index (χ2n) is 7.31. The number of unbranched alkanes of at least 4 members (excludes halogenated alkanes) is 13. The molecule has 0 bridgehead atoms. The van der Waals surface area contributed by atoms with E-state index < -0.39 is 5.97 Å². The number of hydrogen-bond donors (Lipinski definition) is 1. The predicted molar refractivity (Wildman–Crippen MR) is 103 cm³/mol. The molecule has 0 aliphatic heterocycles. The largest absolute Gasteiger partial charge is 1.00 e. The Labute approximate surface area is 170 Å². The minimum absolute atomic E-state index is 0. The van der Waals surface area contributed by atoms with Gasteiger partial charge < -0.3 is 22.1 Å². The Kier molecular flexibility index (Phi) is 17.0. The molecule has 1 N–H and O–H groups in total. The molecule has 1 aromatic heterocycles. The van der Waals surface area contributed by atoms with E-state index in [0.29, 0.717) is 0 Å². The number of nitrogens with zero attached hydrogens (tertiary/aromatic N) is 2. The van der Waals surface area contributed by atoms with Gasteiger partial charge in [-0.25, -0.2) is 13.9 Å². The van der Waals surface area contributed by atoms with Crippen molar-refractivity contribution in [2.24, 2.45) is 0 Å². The van der Waals surface area contributed by atoms with E-state index in [1.807, 2.05) is 18.7 Å². The number of carboxylic acids is 1. The molecule has 0 fully saturated rings. The van der Waals surface area contributed by atoms with Gasteiger partial charge in [-0.05, 0) is 12.8 Å². The first-order valence-electron chi connectivity index (χ1n) is 10.5. The summed E-state index contributed by atoms with van der Waals surface area (Å²) in [7, 11) is 0. The Morgan fingerprint density at radius 1 is 0.846 bits per heavy atom. The normalized spacial score (nSPS) is 10.7. The molecule has 0 amide bonds. The van der Waals surface area contributed by atoms with Crippen LogP contribution in [0.2, 0.25) is 0 Å². The molecule has 0 atom stereocenters. The van der Waals surface area contributed by atoms with Crippen molar-refractivity contribution in [2.75, 3.05) is 0 Å². The molecule has 26 heavy (non-hydrogen) atoms. The van der Waals surface area contributed by atoms with Crippen LogP contribution in [0, 0.1) is 0 Å². The van der Waals surface area contributed by atoms with Crippen LogP contribution >= 0.6 is 0 Å². The van der Waals surface area contributed by atoms with Crippen molar-refractivity contribution in [1.29, 1.82) is 0 Å². The molecule has 0 saturated heterocycles. The highest BCUT2D eigenvalue weighted by Gasteiger charge is 2.06. The Morgan fingerprint density at radius 3 is 1.77 bits per heavy atom. The van der Waals surface area contributed by atoms with Crippen molar-refractivity contribution in [1.82, 2.24) is 4.57 Å². The summed E-state index contributed by atoms with van der Waals surface area (Å²) >= 11 is 0. The molecule has 4 nitrogen and oxygen atoms in total. The highest BCUT2D eigenvalue weighted by atomic mass is 79.9. The van der Waals surface area contributed by atoms with E-state index in [2.05, 4.69) is 11.5 Å². The predicted octanol–water partition coefficient (Wildman–Crippen LogP) is 2.35. The highest BCUT2D eigenvalue weighted by Crippen LogP contribution is 2.13. The third-order valence-electron chi connectivity index (χ3n) is 4.83. The third-order valence-corrected chi connectivity index (χ3v) is 4.83. The first-order valence-corrected chi connectivity index (χ1v) is 10.5. The van der Waals surface area contributed by atoms with Crippen molar-refractivity contribution >= 4 is 5.97 Å². The van der Waals surface area contributed by atoms with E-state index in [1.54, 1.807) is 4.57 Å². The maximum Gasteiger partial charge on any atom is 0.346 e. The molecule has 0 saturated carbocycles. The zero-order chi connectivity index (χ0) is 18.2. The number of imidazole rings is 1. The summed E-state index contributed by atoms with van der Waals surface area (Å²) in [6.07, 6.45) is 24.9. The maximum atomic E-state index is 10.6. The molecule has 0 aromatic carbocycles. The minimum atomic E-state index is -0.792. The SMILES string of the molecule is CCCCCCCCCCCCCCCCn1cc[n+](CC(=O)O)c1.[Br-]. The van der Waals surface area contributed by atoms with E-state index in [1.165, 1.54) is 89.9 Å². The molecule has 0 spiro atoms. The molecule has 0 unspecified atom stereocenters. The van der Waals surface area contributed by atoms with Crippen molar-refractivity contribution in [2.45, 2.75) is 110 Å². The fraction of sp³-hybridized carbons (Fsp3) is 0.810. The van der Waals surface area contributed by atoms with E-state index in [0.717, 1.165) is 6.54 Å². The topological polar surface area (TPSA) is 46.1 Å². The van der Waals surface area contributed by atoms with Gasteiger partial charge in [-0.3, -0.25) is 0 Å². The van der Waals surface area contributed by atoms with Gasteiger partial charge in [0.2, 0.25) is 6.33 Å². The number of carboxylic acid groups (broad SMARTS) is 1. The molecule has 1 rings (SSSR count). The van der Waals surface area contributed by atoms with E-state index in [4.69, 9.17) is 5.11 Å². The quantitative estimate of drug-likeness (QED) is 0.304. The summed E-state index contributed by atoms with van der Waals surface area (Å²) in [5.41, 5.74) is 0. The number of aliphatic carboxylic acids is 1. The lowest BCUT2D eigenvalue weighted by Crippen LogP contribution is -3.00.